The molecule has 2 rings (SSSR count). The van der Waals surface area contributed by atoms with Gasteiger partial charge >= 0.3 is 0 Å². The number of Topliss-reactive ketones (excluding diaryl/α,β-unsaturated/α-hetero) is 1. The minimum Gasteiger partial charge on any atom is -0.493 e. The highest BCUT2D eigenvalue weighted by molar-refractivity contribution is 6.30. The molecule has 4 nitrogen and oxygen atoms in total. The van der Waals surface area contributed by atoms with Gasteiger partial charge in [0.25, 0.3) is 0 Å². The van der Waals surface area contributed by atoms with Crippen LogP contribution in [0.4, 0.5) is 0 Å². The fourth-order valence-corrected chi connectivity index (χ4v) is 1.94. The lowest BCUT2D eigenvalue weighted by Gasteiger charge is -2.13. The third-order valence-corrected chi connectivity index (χ3v) is 3.15. The Morgan fingerprint density at radius 2 is 1.57 bits per heavy atom. The summed E-state index contributed by atoms with van der Waals surface area (Å²) in [6.07, 6.45) is 0. The van der Waals surface area contributed by atoms with Crippen LogP contribution in [0.15, 0.2) is 42.5 Å². The lowest BCUT2D eigenvalue weighted by Crippen LogP contribution is -2.12. The molecule has 0 radical (unpaired) electrons. The van der Waals surface area contributed by atoms with Crippen LogP contribution in [0.2, 0.25) is 5.02 Å². The molecule has 0 saturated carbocycles. The smallest absolute Gasteiger partial charge is 0.203 e. The second kappa shape index (κ2) is 6.99. The van der Waals surface area contributed by atoms with E-state index in [2.05, 4.69) is 0 Å². The van der Waals surface area contributed by atoms with E-state index in [1.165, 1.54) is 14.2 Å². The Morgan fingerprint density at radius 1 is 1.00 bits per heavy atom. The summed E-state index contributed by atoms with van der Waals surface area (Å²) < 4.78 is 16.0. The summed E-state index contributed by atoms with van der Waals surface area (Å²) in [4.78, 5) is 12.1. The van der Waals surface area contributed by atoms with Crippen molar-refractivity contribution in [2.75, 3.05) is 20.8 Å². The van der Waals surface area contributed by atoms with Crippen LogP contribution in [0.3, 0.4) is 0 Å². The van der Waals surface area contributed by atoms with Gasteiger partial charge in [0.1, 0.15) is 0 Å². The van der Waals surface area contributed by atoms with Gasteiger partial charge in [0.05, 0.1) is 14.2 Å². The molecule has 0 aliphatic carbocycles. The molecule has 0 amide bonds. The van der Waals surface area contributed by atoms with E-state index in [1.807, 2.05) is 0 Å². The van der Waals surface area contributed by atoms with E-state index >= 15 is 0 Å². The third kappa shape index (κ3) is 3.67. The fraction of sp³-hybridized carbons (Fsp3) is 0.188. The van der Waals surface area contributed by atoms with Gasteiger partial charge in [-0.1, -0.05) is 17.7 Å². The zero-order valence-corrected chi connectivity index (χ0v) is 12.5. The van der Waals surface area contributed by atoms with E-state index in [1.54, 1.807) is 42.5 Å². The number of rotatable bonds is 6. The second-order valence-electron chi connectivity index (χ2n) is 4.21. The highest BCUT2D eigenvalue weighted by Gasteiger charge is 2.14. The molecule has 0 bridgehead atoms. The molecular formula is C16H15ClO4. The van der Waals surface area contributed by atoms with Gasteiger partial charge in [-0.15, -0.1) is 0 Å². The Bertz CT molecular complexity index is 600. The minimum atomic E-state index is -0.153. The molecule has 0 aromatic heterocycles. The standard InChI is InChI=1S/C16H15ClO4/c1-19-14-4-3-5-15(20-2)16(14)21-10-13(18)11-6-8-12(17)9-7-11/h3-9H,10H2,1-2H3. The van der Waals surface area contributed by atoms with Crippen molar-refractivity contribution < 1.29 is 19.0 Å². The highest BCUT2D eigenvalue weighted by atomic mass is 35.5. The molecule has 110 valence electrons. The van der Waals surface area contributed by atoms with Gasteiger partial charge < -0.3 is 14.2 Å². The first-order valence-corrected chi connectivity index (χ1v) is 6.66. The molecule has 21 heavy (non-hydrogen) atoms. The first-order chi connectivity index (χ1) is 10.2. The van der Waals surface area contributed by atoms with Crippen LogP contribution in [-0.4, -0.2) is 26.6 Å². The van der Waals surface area contributed by atoms with E-state index < -0.39 is 0 Å². The molecule has 2 aromatic rings. The predicted octanol–water partition coefficient (Wildman–Crippen LogP) is 3.62. The fourth-order valence-electron chi connectivity index (χ4n) is 1.82. The number of para-hydroxylation sites is 1. The van der Waals surface area contributed by atoms with Crippen molar-refractivity contribution in [1.82, 2.24) is 0 Å². The topological polar surface area (TPSA) is 44.8 Å². The molecule has 0 unspecified atom stereocenters. The Hall–Kier alpha value is -2.20. The molecule has 0 aliphatic rings. The second-order valence-corrected chi connectivity index (χ2v) is 4.65. The molecule has 0 N–H and O–H groups in total. The molecule has 2 aromatic carbocycles. The maximum absolute atomic E-state index is 12.1. The van der Waals surface area contributed by atoms with Gasteiger partial charge in [-0.25, -0.2) is 0 Å². The third-order valence-electron chi connectivity index (χ3n) is 2.90. The highest BCUT2D eigenvalue weighted by Crippen LogP contribution is 2.36. The van der Waals surface area contributed by atoms with Crippen LogP contribution in [0, 0.1) is 0 Å². The van der Waals surface area contributed by atoms with Crippen LogP contribution in [0.1, 0.15) is 10.4 Å². The Labute approximate surface area is 128 Å². The van der Waals surface area contributed by atoms with Crippen LogP contribution >= 0.6 is 11.6 Å². The first-order valence-electron chi connectivity index (χ1n) is 6.28. The number of benzene rings is 2. The van der Waals surface area contributed by atoms with E-state index in [-0.39, 0.29) is 12.4 Å². The summed E-state index contributed by atoms with van der Waals surface area (Å²) in [7, 11) is 3.06. The van der Waals surface area contributed by atoms with Gasteiger partial charge in [-0.05, 0) is 36.4 Å². The monoisotopic (exact) mass is 306 g/mol. The number of carbonyl (C=O) groups excluding carboxylic acids is 1. The van der Waals surface area contributed by atoms with Gasteiger partial charge in [0.2, 0.25) is 5.75 Å². The number of ketones is 1. The van der Waals surface area contributed by atoms with Crippen LogP contribution in [0.5, 0.6) is 17.2 Å². The van der Waals surface area contributed by atoms with Gasteiger partial charge in [-0.2, -0.15) is 0 Å². The molecule has 0 spiro atoms. The van der Waals surface area contributed by atoms with E-state index in [0.29, 0.717) is 27.8 Å². The minimum absolute atomic E-state index is 0.113. The van der Waals surface area contributed by atoms with Crippen molar-refractivity contribution in [1.29, 1.82) is 0 Å². The van der Waals surface area contributed by atoms with Crippen molar-refractivity contribution in [3.05, 3.63) is 53.1 Å². The summed E-state index contributed by atoms with van der Waals surface area (Å²) in [5, 5.41) is 0.582. The molecule has 0 saturated heterocycles. The van der Waals surface area contributed by atoms with Crippen molar-refractivity contribution in [3.63, 3.8) is 0 Å². The zero-order valence-electron chi connectivity index (χ0n) is 11.8. The van der Waals surface area contributed by atoms with E-state index in [4.69, 9.17) is 25.8 Å². The average Bonchev–Trinajstić information content (AvgIpc) is 2.52. The van der Waals surface area contributed by atoms with Gasteiger partial charge in [0, 0.05) is 10.6 Å². The van der Waals surface area contributed by atoms with Crippen LogP contribution in [-0.2, 0) is 0 Å². The molecule has 0 fully saturated rings. The summed E-state index contributed by atoms with van der Waals surface area (Å²) >= 11 is 5.79. The Morgan fingerprint density at radius 3 is 2.10 bits per heavy atom. The molecule has 0 aliphatic heterocycles. The maximum Gasteiger partial charge on any atom is 0.203 e. The lowest BCUT2D eigenvalue weighted by molar-refractivity contribution is 0.0917. The van der Waals surface area contributed by atoms with E-state index in [9.17, 15) is 4.79 Å². The average molecular weight is 307 g/mol. The van der Waals surface area contributed by atoms with Crippen LogP contribution < -0.4 is 14.2 Å². The molecular weight excluding hydrogens is 292 g/mol. The number of ether oxygens (including phenoxy) is 3. The molecule has 5 heteroatoms. The first kappa shape index (κ1) is 15.2. The van der Waals surface area contributed by atoms with Crippen molar-refractivity contribution in [2.45, 2.75) is 0 Å². The predicted molar refractivity (Wildman–Crippen MR) is 80.8 cm³/mol. The number of halogens is 1. The summed E-state index contributed by atoms with van der Waals surface area (Å²) in [5.41, 5.74) is 0.535. The van der Waals surface area contributed by atoms with Crippen molar-refractivity contribution in [3.8, 4) is 17.2 Å². The number of hydrogen-bond donors (Lipinski definition) is 0. The Kier molecular flexibility index (Phi) is 5.06. The van der Waals surface area contributed by atoms with Crippen molar-refractivity contribution >= 4 is 17.4 Å². The number of carbonyl (C=O) groups is 1. The SMILES string of the molecule is COc1cccc(OC)c1OCC(=O)c1ccc(Cl)cc1. The summed E-state index contributed by atoms with van der Waals surface area (Å²) in [6, 6.07) is 11.9. The number of hydrogen-bond acceptors (Lipinski definition) is 4. The largest absolute Gasteiger partial charge is 0.493 e. The van der Waals surface area contributed by atoms with Crippen molar-refractivity contribution in [2.24, 2.45) is 0 Å². The quantitative estimate of drug-likeness (QED) is 0.765. The van der Waals surface area contributed by atoms with E-state index in [0.717, 1.165) is 0 Å². The molecule has 0 atom stereocenters. The Balaban J connectivity index is 2.12. The number of methoxy groups -OCH3 is 2. The summed E-state index contributed by atoms with van der Waals surface area (Å²) in [6.45, 7) is -0.113. The van der Waals surface area contributed by atoms with Gasteiger partial charge in [0.15, 0.2) is 23.9 Å². The maximum atomic E-state index is 12.1. The van der Waals surface area contributed by atoms with Crippen LogP contribution in [0.25, 0.3) is 0 Å². The molecule has 0 heterocycles. The zero-order chi connectivity index (χ0) is 15.2. The normalized spacial score (nSPS) is 10.0. The van der Waals surface area contributed by atoms with Gasteiger partial charge in [-0.3, -0.25) is 4.79 Å². The summed E-state index contributed by atoms with van der Waals surface area (Å²) in [5.74, 6) is 1.28. The lowest BCUT2D eigenvalue weighted by atomic mass is 10.1.